The van der Waals surface area contributed by atoms with Gasteiger partial charge in [0, 0.05) is 39.2 Å². The van der Waals surface area contributed by atoms with E-state index in [4.69, 9.17) is 4.74 Å². The molecular weight excluding hydrogens is 291 g/mol. The molecule has 0 radical (unpaired) electrons. The highest BCUT2D eigenvalue weighted by Gasteiger charge is 2.40. The second-order valence-electron chi connectivity index (χ2n) is 5.72. The Kier molecular flexibility index (Phi) is 4.19. The average Bonchev–Trinajstić information content (AvgIpc) is 3.35. The molecule has 1 saturated heterocycles. The van der Waals surface area contributed by atoms with Gasteiger partial charge in [-0.2, -0.15) is 4.99 Å². The van der Waals surface area contributed by atoms with Gasteiger partial charge in [0.2, 0.25) is 18.0 Å². The van der Waals surface area contributed by atoms with Crippen LogP contribution in [0.4, 0.5) is 4.39 Å². The number of methoxy groups -OCH3 is 1. The van der Waals surface area contributed by atoms with Gasteiger partial charge in [0.25, 0.3) is 5.91 Å². The molecule has 2 aliphatic heterocycles. The molecule has 22 heavy (non-hydrogen) atoms. The van der Waals surface area contributed by atoms with Gasteiger partial charge in [-0.25, -0.2) is 9.38 Å². The lowest BCUT2D eigenvalue weighted by Crippen LogP contribution is -2.52. The van der Waals surface area contributed by atoms with Gasteiger partial charge in [-0.3, -0.25) is 9.59 Å². The predicted octanol–water partition coefficient (Wildman–Crippen LogP) is -0.138. The number of rotatable bonds is 3. The van der Waals surface area contributed by atoms with Crippen molar-refractivity contribution in [3.63, 3.8) is 0 Å². The van der Waals surface area contributed by atoms with Gasteiger partial charge in [0.15, 0.2) is 0 Å². The number of amides is 2. The molecule has 2 amide bonds. The Bertz CT molecular complexity index is 536. The molecule has 0 aromatic heterocycles. The largest absolute Gasteiger partial charge is 0.375 e. The van der Waals surface area contributed by atoms with Gasteiger partial charge >= 0.3 is 0 Å². The van der Waals surface area contributed by atoms with E-state index in [1.807, 2.05) is 4.90 Å². The molecule has 7 nitrogen and oxygen atoms in total. The summed E-state index contributed by atoms with van der Waals surface area (Å²) in [7, 11) is 1.48. The Labute approximate surface area is 127 Å². The summed E-state index contributed by atoms with van der Waals surface area (Å²) >= 11 is 0. The van der Waals surface area contributed by atoms with Crippen molar-refractivity contribution in [3.05, 3.63) is 0 Å². The zero-order valence-corrected chi connectivity index (χ0v) is 12.5. The molecule has 3 rings (SSSR count). The number of hydrogen-bond acceptors (Lipinski definition) is 5. The van der Waals surface area contributed by atoms with Crippen LogP contribution < -0.4 is 0 Å². The van der Waals surface area contributed by atoms with Gasteiger partial charge in [-0.15, -0.1) is 0 Å². The monoisotopic (exact) mass is 310 g/mol. The summed E-state index contributed by atoms with van der Waals surface area (Å²) in [5, 5.41) is 0. The fourth-order valence-corrected chi connectivity index (χ4v) is 2.67. The number of carbonyl (C=O) groups excluding carboxylic acids is 2. The number of ether oxygens (including phenoxy) is 1. The van der Waals surface area contributed by atoms with Crippen molar-refractivity contribution in [2.24, 2.45) is 15.9 Å². The zero-order chi connectivity index (χ0) is 15.7. The zero-order valence-electron chi connectivity index (χ0n) is 12.5. The number of hydrogen-bond donors (Lipinski definition) is 0. The lowest BCUT2D eigenvalue weighted by Gasteiger charge is -2.35. The fourth-order valence-electron chi connectivity index (χ4n) is 2.67. The molecule has 2 heterocycles. The first-order valence-electron chi connectivity index (χ1n) is 7.47. The van der Waals surface area contributed by atoms with Crippen LogP contribution in [0.1, 0.15) is 12.8 Å². The van der Waals surface area contributed by atoms with Crippen molar-refractivity contribution in [2.75, 3.05) is 39.9 Å². The van der Waals surface area contributed by atoms with Gasteiger partial charge in [0.1, 0.15) is 6.61 Å². The Balaban J connectivity index is 1.64. The van der Waals surface area contributed by atoms with E-state index in [0.717, 1.165) is 12.8 Å². The molecule has 1 atom stereocenters. The van der Waals surface area contributed by atoms with Crippen LogP contribution in [0, 0.1) is 5.92 Å². The molecule has 2 fully saturated rings. The molecule has 0 bridgehead atoms. The molecule has 0 spiro atoms. The minimum Gasteiger partial charge on any atom is -0.375 e. The van der Waals surface area contributed by atoms with Crippen LogP contribution in [0.15, 0.2) is 9.98 Å². The van der Waals surface area contributed by atoms with Crippen molar-refractivity contribution in [3.8, 4) is 0 Å². The average molecular weight is 310 g/mol. The van der Waals surface area contributed by atoms with Crippen LogP contribution in [0.2, 0.25) is 0 Å². The number of carbonyl (C=O) groups is 2. The molecule has 1 saturated carbocycles. The van der Waals surface area contributed by atoms with E-state index >= 15 is 0 Å². The van der Waals surface area contributed by atoms with E-state index in [2.05, 4.69) is 9.98 Å². The first-order valence-corrected chi connectivity index (χ1v) is 7.47. The Morgan fingerprint density at radius 3 is 2.55 bits per heavy atom. The highest BCUT2D eigenvalue weighted by Crippen LogP contribution is 2.34. The second kappa shape index (κ2) is 6.12. The summed E-state index contributed by atoms with van der Waals surface area (Å²) in [5.74, 6) is -0.437. The Hall–Kier alpha value is -1.83. The molecule has 0 aromatic rings. The van der Waals surface area contributed by atoms with Crippen molar-refractivity contribution in [2.45, 2.75) is 19.0 Å². The van der Waals surface area contributed by atoms with Gasteiger partial charge in [0.05, 0.1) is 5.71 Å². The van der Waals surface area contributed by atoms with E-state index < -0.39 is 12.1 Å². The minimum absolute atomic E-state index is 0.0604. The summed E-state index contributed by atoms with van der Waals surface area (Å²) < 4.78 is 18.7. The van der Waals surface area contributed by atoms with Crippen LogP contribution >= 0.6 is 0 Å². The van der Waals surface area contributed by atoms with Crippen LogP contribution in [0.3, 0.4) is 0 Å². The quantitative estimate of drug-likeness (QED) is 0.727. The number of alkyl halides is 1. The van der Waals surface area contributed by atoms with E-state index in [1.54, 1.807) is 4.90 Å². The molecule has 120 valence electrons. The highest BCUT2D eigenvalue weighted by molar-refractivity contribution is 6.18. The predicted molar refractivity (Wildman–Crippen MR) is 77.5 cm³/mol. The number of piperazine rings is 1. The lowest BCUT2D eigenvalue weighted by molar-refractivity contribution is -0.136. The number of nitrogens with zero attached hydrogens (tertiary/aromatic N) is 4. The van der Waals surface area contributed by atoms with Crippen LogP contribution in [0.25, 0.3) is 0 Å². The normalized spacial score (nSPS) is 25.9. The fraction of sp³-hybridized carbons (Fsp3) is 0.714. The molecule has 1 aliphatic carbocycles. The third-order valence-corrected chi connectivity index (χ3v) is 4.09. The third-order valence-electron chi connectivity index (χ3n) is 4.09. The van der Waals surface area contributed by atoms with Crippen LogP contribution in [0.5, 0.6) is 0 Å². The molecule has 0 aromatic carbocycles. The van der Waals surface area contributed by atoms with Gasteiger partial charge in [-0.05, 0) is 12.8 Å². The van der Waals surface area contributed by atoms with Gasteiger partial charge < -0.3 is 14.5 Å². The van der Waals surface area contributed by atoms with E-state index in [1.165, 1.54) is 7.11 Å². The van der Waals surface area contributed by atoms with Crippen molar-refractivity contribution < 1.29 is 18.7 Å². The van der Waals surface area contributed by atoms with E-state index in [9.17, 15) is 14.0 Å². The van der Waals surface area contributed by atoms with Crippen molar-refractivity contribution in [1.29, 1.82) is 0 Å². The number of halogens is 1. The van der Waals surface area contributed by atoms with E-state index in [-0.39, 0.29) is 18.4 Å². The topological polar surface area (TPSA) is 74.6 Å². The summed E-state index contributed by atoms with van der Waals surface area (Å²) in [4.78, 5) is 35.0. The lowest BCUT2D eigenvalue weighted by atomic mass is 10.1. The first-order chi connectivity index (χ1) is 10.6. The molecular formula is C14H19FN4O3. The minimum atomic E-state index is -1.68. The van der Waals surface area contributed by atoms with E-state index in [0.29, 0.717) is 37.9 Å². The SMILES string of the molecule is COCC(=O)N1CCN(C2=NC(=O)C(F)C(C3CC3)=N2)CC1. The Morgan fingerprint density at radius 1 is 1.27 bits per heavy atom. The molecule has 8 heteroatoms. The number of aliphatic imine (C=N–C) groups is 2. The van der Waals surface area contributed by atoms with Gasteiger partial charge in [-0.1, -0.05) is 0 Å². The molecule has 3 aliphatic rings. The first kappa shape index (κ1) is 15.1. The summed E-state index contributed by atoms with van der Waals surface area (Å²) in [5.41, 5.74) is 0.327. The third kappa shape index (κ3) is 3.01. The number of guanidine groups is 1. The van der Waals surface area contributed by atoms with Crippen molar-refractivity contribution >= 4 is 23.5 Å². The smallest absolute Gasteiger partial charge is 0.289 e. The van der Waals surface area contributed by atoms with Crippen LogP contribution in [-0.2, 0) is 14.3 Å². The molecule has 1 unspecified atom stereocenters. The van der Waals surface area contributed by atoms with Crippen molar-refractivity contribution in [1.82, 2.24) is 9.80 Å². The standard InChI is InChI=1S/C14H19FN4O3/c1-22-8-10(20)18-4-6-19(7-5-18)14-16-12(9-2-3-9)11(15)13(21)17-14/h9,11H,2-8H2,1H3. The van der Waals surface area contributed by atoms with Crippen LogP contribution in [-0.4, -0.2) is 79.4 Å². The highest BCUT2D eigenvalue weighted by atomic mass is 19.1. The maximum atomic E-state index is 13.9. The Morgan fingerprint density at radius 2 is 1.95 bits per heavy atom. The summed E-state index contributed by atoms with van der Waals surface area (Å²) in [6.45, 7) is 2.15. The second-order valence-corrected chi connectivity index (χ2v) is 5.72. The maximum absolute atomic E-state index is 13.9. The molecule has 0 N–H and O–H groups in total. The maximum Gasteiger partial charge on any atom is 0.289 e. The summed E-state index contributed by atoms with van der Waals surface area (Å²) in [6, 6.07) is 0. The summed E-state index contributed by atoms with van der Waals surface area (Å²) in [6.07, 6.45) is 0.0962.